The Hall–Kier alpha value is -1.07. The molecule has 0 aliphatic rings. The normalized spacial score (nSPS) is 11.8. The van der Waals surface area contributed by atoms with Crippen LogP contribution in [0.25, 0.3) is 0 Å². The van der Waals surface area contributed by atoms with Crippen LogP contribution in [-0.4, -0.2) is 65.3 Å². The van der Waals surface area contributed by atoms with Crippen molar-refractivity contribution in [3.8, 4) is 5.75 Å². The predicted molar refractivity (Wildman–Crippen MR) is 118 cm³/mol. The van der Waals surface area contributed by atoms with Crippen LogP contribution in [0.5, 0.6) is 5.75 Å². The summed E-state index contributed by atoms with van der Waals surface area (Å²) in [6, 6.07) is 7.98. The molecule has 0 aliphatic heterocycles. The third-order valence-electron chi connectivity index (χ3n) is 3.87. The molecule has 0 aliphatic carbocycles. The Kier molecular flexibility index (Phi) is 12.6. The second-order valence-electron chi connectivity index (χ2n) is 5.60. The van der Waals surface area contributed by atoms with E-state index in [4.69, 9.17) is 4.74 Å². The van der Waals surface area contributed by atoms with E-state index < -0.39 is 10.0 Å². The maximum Gasteiger partial charge on any atom is 0.213 e. The van der Waals surface area contributed by atoms with Gasteiger partial charge in [-0.1, -0.05) is 12.1 Å². The van der Waals surface area contributed by atoms with Crippen molar-refractivity contribution in [2.45, 2.75) is 19.8 Å². The van der Waals surface area contributed by atoms with Crippen LogP contribution < -0.4 is 15.4 Å². The van der Waals surface area contributed by atoms with Gasteiger partial charge in [0.2, 0.25) is 10.0 Å². The first-order chi connectivity index (χ1) is 11.9. The first-order valence-corrected chi connectivity index (χ1v) is 10.0. The second kappa shape index (κ2) is 13.2. The first-order valence-electron chi connectivity index (χ1n) is 8.44. The second-order valence-corrected chi connectivity index (χ2v) is 7.96. The van der Waals surface area contributed by atoms with Crippen LogP contribution >= 0.6 is 24.0 Å². The van der Waals surface area contributed by atoms with Crippen LogP contribution in [0.1, 0.15) is 18.9 Å². The SMILES string of the molecule is CCS(=O)(=O)N(C)CCCNC(=NC)NCCc1ccc(OC)cc1.I. The van der Waals surface area contributed by atoms with E-state index in [1.165, 1.54) is 9.87 Å². The molecule has 26 heavy (non-hydrogen) atoms. The van der Waals surface area contributed by atoms with Crippen molar-refractivity contribution >= 4 is 40.0 Å². The summed E-state index contributed by atoms with van der Waals surface area (Å²) in [5.41, 5.74) is 1.22. The number of hydrogen-bond donors (Lipinski definition) is 2. The molecule has 0 amide bonds. The van der Waals surface area contributed by atoms with E-state index in [1.807, 2.05) is 24.3 Å². The van der Waals surface area contributed by atoms with Gasteiger partial charge in [0, 0.05) is 33.7 Å². The van der Waals surface area contributed by atoms with Crippen molar-refractivity contribution in [1.82, 2.24) is 14.9 Å². The Labute approximate surface area is 174 Å². The van der Waals surface area contributed by atoms with E-state index in [2.05, 4.69) is 15.6 Å². The Morgan fingerprint density at radius 2 is 1.81 bits per heavy atom. The zero-order chi connectivity index (χ0) is 18.7. The lowest BCUT2D eigenvalue weighted by Crippen LogP contribution is -2.39. The van der Waals surface area contributed by atoms with Crippen LogP contribution in [0.4, 0.5) is 0 Å². The maximum atomic E-state index is 11.7. The largest absolute Gasteiger partial charge is 0.497 e. The van der Waals surface area contributed by atoms with Crippen molar-refractivity contribution in [2.24, 2.45) is 4.99 Å². The van der Waals surface area contributed by atoms with Crippen molar-refractivity contribution in [2.75, 3.05) is 46.6 Å². The van der Waals surface area contributed by atoms with Crippen molar-refractivity contribution in [1.29, 1.82) is 0 Å². The van der Waals surface area contributed by atoms with E-state index in [-0.39, 0.29) is 29.7 Å². The highest BCUT2D eigenvalue weighted by Crippen LogP contribution is 2.11. The number of methoxy groups -OCH3 is 1. The number of ether oxygens (including phenoxy) is 1. The minimum Gasteiger partial charge on any atom is -0.497 e. The van der Waals surface area contributed by atoms with Gasteiger partial charge in [0.15, 0.2) is 5.96 Å². The molecule has 9 heteroatoms. The molecular weight excluding hydrogens is 467 g/mol. The smallest absolute Gasteiger partial charge is 0.213 e. The van der Waals surface area contributed by atoms with Gasteiger partial charge in [-0.3, -0.25) is 4.99 Å². The highest BCUT2D eigenvalue weighted by atomic mass is 127. The van der Waals surface area contributed by atoms with Gasteiger partial charge in [-0.15, -0.1) is 24.0 Å². The fourth-order valence-electron chi connectivity index (χ4n) is 2.21. The number of hydrogen-bond acceptors (Lipinski definition) is 4. The zero-order valence-electron chi connectivity index (χ0n) is 16.0. The van der Waals surface area contributed by atoms with Gasteiger partial charge in [-0.2, -0.15) is 0 Å². The Bertz CT molecular complexity index is 636. The van der Waals surface area contributed by atoms with Gasteiger partial charge < -0.3 is 15.4 Å². The molecule has 0 saturated heterocycles. The number of halogens is 1. The fourth-order valence-corrected chi connectivity index (χ4v) is 3.05. The van der Waals surface area contributed by atoms with Crippen molar-refractivity contribution < 1.29 is 13.2 Å². The fraction of sp³-hybridized carbons (Fsp3) is 0.588. The molecule has 1 rings (SSSR count). The molecule has 0 heterocycles. The molecule has 1 aromatic carbocycles. The summed E-state index contributed by atoms with van der Waals surface area (Å²) in [7, 11) is 1.88. The lowest BCUT2D eigenvalue weighted by atomic mass is 10.1. The molecule has 0 bridgehead atoms. The molecule has 0 fully saturated rings. The summed E-state index contributed by atoms with van der Waals surface area (Å²) in [4.78, 5) is 4.17. The lowest BCUT2D eigenvalue weighted by molar-refractivity contribution is 0.414. The van der Waals surface area contributed by atoms with E-state index in [1.54, 1.807) is 28.1 Å². The average Bonchev–Trinajstić information content (AvgIpc) is 2.63. The monoisotopic (exact) mass is 498 g/mol. The molecular formula is C17H31IN4O3S. The maximum absolute atomic E-state index is 11.7. The van der Waals surface area contributed by atoms with Crippen LogP contribution in [-0.2, 0) is 16.4 Å². The molecule has 0 atom stereocenters. The minimum atomic E-state index is -3.10. The van der Waals surface area contributed by atoms with Crippen LogP contribution in [0.15, 0.2) is 29.3 Å². The van der Waals surface area contributed by atoms with Gasteiger partial charge in [0.1, 0.15) is 5.75 Å². The van der Waals surface area contributed by atoms with Gasteiger partial charge in [0.05, 0.1) is 12.9 Å². The third-order valence-corrected chi connectivity index (χ3v) is 5.73. The van der Waals surface area contributed by atoms with Gasteiger partial charge in [0.25, 0.3) is 0 Å². The predicted octanol–water partition coefficient (Wildman–Crippen LogP) is 1.69. The summed E-state index contributed by atoms with van der Waals surface area (Å²) in [6.45, 7) is 3.56. The molecule has 0 radical (unpaired) electrons. The highest BCUT2D eigenvalue weighted by Gasteiger charge is 2.13. The summed E-state index contributed by atoms with van der Waals surface area (Å²) >= 11 is 0. The Balaban J connectivity index is 0.00000625. The minimum absolute atomic E-state index is 0. The van der Waals surface area contributed by atoms with Crippen LogP contribution in [0.3, 0.4) is 0 Å². The Morgan fingerprint density at radius 1 is 1.19 bits per heavy atom. The number of sulfonamides is 1. The van der Waals surface area contributed by atoms with Crippen molar-refractivity contribution in [3.05, 3.63) is 29.8 Å². The number of aliphatic imine (C=N–C) groups is 1. The molecule has 2 N–H and O–H groups in total. The number of benzene rings is 1. The standard InChI is InChI=1S/C17H30N4O3S.HI/c1-5-25(22,23)21(3)14-6-12-19-17(18-2)20-13-11-15-7-9-16(24-4)10-8-15;/h7-10H,5-6,11-14H2,1-4H3,(H2,18,19,20);1H. The van der Waals surface area contributed by atoms with E-state index >= 15 is 0 Å². The average molecular weight is 498 g/mol. The third kappa shape index (κ3) is 9.04. The highest BCUT2D eigenvalue weighted by molar-refractivity contribution is 14.0. The summed E-state index contributed by atoms with van der Waals surface area (Å²) in [5, 5.41) is 6.45. The van der Waals surface area contributed by atoms with Crippen LogP contribution in [0, 0.1) is 0 Å². The molecule has 7 nitrogen and oxygen atoms in total. The van der Waals surface area contributed by atoms with Gasteiger partial charge in [-0.25, -0.2) is 12.7 Å². The zero-order valence-corrected chi connectivity index (χ0v) is 19.1. The Morgan fingerprint density at radius 3 is 2.35 bits per heavy atom. The van der Waals surface area contributed by atoms with Gasteiger partial charge >= 0.3 is 0 Å². The molecule has 0 spiro atoms. The first kappa shape index (κ1) is 24.9. The van der Waals surface area contributed by atoms with Crippen LogP contribution in [0.2, 0.25) is 0 Å². The topological polar surface area (TPSA) is 83.0 Å². The molecule has 150 valence electrons. The lowest BCUT2D eigenvalue weighted by Gasteiger charge is -2.17. The van der Waals surface area contributed by atoms with Crippen molar-refractivity contribution in [3.63, 3.8) is 0 Å². The van der Waals surface area contributed by atoms with E-state index in [0.717, 1.165) is 31.1 Å². The molecule has 0 aromatic heterocycles. The summed E-state index contributed by atoms with van der Waals surface area (Å²) < 4.78 is 29.9. The summed E-state index contributed by atoms with van der Waals surface area (Å²) in [5.74, 6) is 1.70. The molecule has 0 saturated carbocycles. The number of guanidine groups is 1. The molecule has 1 aromatic rings. The van der Waals surface area contributed by atoms with E-state index in [0.29, 0.717) is 13.1 Å². The quantitative estimate of drug-likeness (QED) is 0.222. The van der Waals surface area contributed by atoms with Gasteiger partial charge in [-0.05, 0) is 37.5 Å². The molecule has 0 unspecified atom stereocenters. The number of nitrogens with zero attached hydrogens (tertiary/aromatic N) is 2. The number of rotatable bonds is 10. The van der Waals surface area contributed by atoms with E-state index in [9.17, 15) is 8.42 Å². The number of nitrogens with one attached hydrogen (secondary N) is 2. The summed E-state index contributed by atoms with van der Waals surface area (Å²) in [6.07, 6.45) is 1.59.